The maximum atomic E-state index is 5.58. The molecule has 0 radical (unpaired) electrons. The lowest BCUT2D eigenvalue weighted by atomic mass is 10.4. The predicted molar refractivity (Wildman–Crippen MR) is 62.5 cm³/mol. The fourth-order valence-corrected chi connectivity index (χ4v) is 1.89. The van der Waals surface area contributed by atoms with Gasteiger partial charge in [0.2, 0.25) is 0 Å². The van der Waals surface area contributed by atoms with Crippen LogP contribution in [0.2, 0.25) is 0 Å². The summed E-state index contributed by atoms with van der Waals surface area (Å²) in [5, 5.41) is 1.06. The number of methoxy groups -OCH3 is 2. The summed E-state index contributed by atoms with van der Waals surface area (Å²) in [6.45, 7) is 3.01. The highest BCUT2D eigenvalue weighted by atomic mass is 32.1. The summed E-state index contributed by atoms with van der Waals surface area (Å²) >= 11 is 1.40. The molecule has 0 saturated heterocycles. The van der Waals surface area contributed by atoms with Crippen molar-refractivity contribution >= 4 is 22.4 Å². The number of nitrogens with zero attached hydrogens (tertiary/aromatic N) is 2. The van der Waals surface area contributed by atoms with Crippen LogP contribution in [0.4, 0.5) is 10.8 Å². The van der Waals surface area contributed by atoms with E-state index in [0.29, 0.717) is 19.0 Å². The van der Waals surface area contributed by atoms with Crippen LogP contribution in [0, 0.1) is 0 Å². The van der Waals surface area contributed by atoms with E-state index in [0.717, 1.165) is 18.1 Å². The Balaban J connectivity index is 2.54. The molecule has 0 aliphatic rings. The molecular weight excluding hydrogens is 214 g/mol. The van der Waals surface area contributed by atoms with Crippen LogP contribution in [-0.2, 0) is 9.47 Å². The van der Waals surface area contributed by atoms with Crippen LogP contribution in [0.1, 0.15) is 0 Å². The zero-order valence-electron chi connectivity index (χ0n) is 9.10. The minimum absolute atomic E-state index is 0.565. The molecule has 1 aromatic heterocycles. The van der Waals surface area contributed by atoms with E-state index in [1.807, 2.05) is 6.07 Å². The van der Waals surface area contributed by atoms with Gasteiger partial charge >= 0.3 is 0 Å². The molecule has 0 atom stereocenters. The Morgan fingerprint density at radius 2 is 1.93 bits per heavy atom. The quantitative estimate of drug-likeness (QED) is 0.753. The molecule has 0 unspecified atom stereocenters. The summed E-state index contributed by atoms with van der Waals surface area (Å²) in [6, 6.07) is 1.87. The Bertz CT molecular complexity index is 272. The van der Waals surface area contributed by atoms with Crippen molar-refractivity contribution in [2.75, 3.05) is 51.2 Å². The molecule has 0 aromatic carbocycles. The lowest BCUT2D eigenvalue weighted by Gasteiger charge is -2.21. The Labute approximate surface area is 93.9 Å². The van der Waals surface area contributed by atoms with Gasteiger partial charge in [-0.25, -0.2) is 0 Å². The van der Waals surface area contributed by atoms with Crippen molar-refractivity contribution in [1.82, 2.24) is 4.37 Å². The second kappa shape index (κ2) is 6.60. The predicted octanol–water partition coefficient (Wildman–Crippen LogP) is 0.824. The Hall–Kier alpha value is -0.850. The average Bonchev–Trinajstić information content (AvgIpc) is 2.65. The Morgan fingerprint density at radius 3 is 2.33 bits per heavy atom. The van der Waals surface area contributed by atoms with Crippen molar-refractivity contribution < 1.29 is 9.47 Å². The molecule has 0 saturated carbocycles. The normalized spacial score (nSPS) is 10.5. The van der Waals surface area contributed by atoms with Crippen molar-refractivity contribution in [2.24, 2.45) is 0 Å². The van der Waals surface area contributed by atoms with Crippen molar-refractivity contribution in [3.05, 3.63) is 6.07 Å². The minimum atomic E-state index is 0.565. The Morgan fingerprint density at radius 1 is 1.33 bits per heavy atom. The number of anilines is 2. The first-order chi connectivity index (χ1) is 7.27. The number of nitrogen functional groups attached to an aromatic ring is 1. The van der Waals surface area contributed by atoms with Gasteiger partial charge in [-0.05, 0) is 11.5 Å². The molecule has 0 fully saturated rings. The van der Waals surface area contributed by atoms with Crippen LogP contribution in [0.3, 0.4) is 0 Å². The third-order valence-electron chi connectivity index (χ3n) is 1.96. The van der Waals surface area contributed by atoms with E-state index in [1.54, 1.807) is 14.2 Å². The van der Waals surface area contributed by atoms with Crippen molar-refractivity contribution in [2.45, 2.75) is 0 Å². The van der Waals surface area contributed by atoms with Crippen LogP contribution in [0.25, 0.3) is 0 Å². The van der Waals surface area contributed by atoms with E-state index >= 15 is 0 Å². The third kappa shape index (κ3) is 4.03. The third-order valence-corrected chi connectivity index (χ3v) is 2.82. The average molecular weight is 231 g/mol. The molecule has 0 bridgehead atoms. The zero-order chi connectivity index (χ0) is 11.1. The van der Waals surface area contributed by atoms with Gasteiger partial charge < -0.3 is 20.1 Å². The van der Waals surface area contributed by atoms with E-state index < -0.39 is 0 Å². The van der Waals surface area contributed by atoms with E-state index in [1.165, 1.54) is 11.5 Å². The highest BCUT2D eigenvalue weighted by Gasteiger charge is 2.09. The van der Waals surface area contributed by atoms with Crippen LogP contribution in [-0.4, -0.2) is 44.9 Å². The lowest BCUT2D eigenvalue weighted by Crippen LogP contribution is -2.29. The van der Waals surface area contributed by atoms with Gasteiger partial charge in [0.1, 0.15) is 10.8 Å². The molecule has 1 rings (SSSR count). The monoisotopic (exact) mass is 231 g/mol. The summed E-state index contributed by atoms with van der Waals surface area (Å²) in [5.74, 6) is 0.565. The number of hydrogen-bond acceptors (Lipinski definition) is 6. The molecule has 0 aliphatic heterocycles. The van der Waals surface area contributed by atoms with Crippen LogP contribution < -0.4 is 10.6 Å². The minimum Gasteiger partial charge on any atom is -0.383 e. The fraction of sp³-hybridized carbons (Fsp3) is 0.667. The van der Waals surface area contributed by atoms with Crippen molar-refractivity contribution in [3.8, 4) is 0 Å². The molecule has 0 aliphatic carbocycles. The van der Waals surface area contributed by atoms with E-state index in [9.17, 15) is 0 Å². The lowest BCUT2D eigenvalue weighted by molar-refractivity contribution is 0.190. The van der Waals surface area contributed by atoms with Gasteiger partial charge in [-0.1, -0.05) is 0 Å². The smallest absolute Gasteiger partial charge is 0.139 e. The second-order valence-corrected chi connectivity index (χ2v) is 3.85. The molecule has 6 heteroatoms. The maximum Gasteiger partial charge on any atom is 0.139 e. The summed E-state index contributed by atoms with van der Waals surface area (Å²) in [7, 11) is 3.38. The first-order valence-electron chi connectivity index (χ1n) is 4.73. The van der Waals surface area contributed by atoms with Gasteiger partial charge in [-0.15, -0.1) is 0 Å². The SMILES string of the molecule is COCCN(CCOC)c1cc(N)ns1. The van der Waals surface area contributed by atoms with E-state index in [2.05, 4.69) is 9.27 Å². The molecule has 5 nitrogen and oxygen atoms in total. The molecule has 2 N–H and O–H groups in total. The molecule has 0 amide bonds. The van der Waals surface area contributed by atoms with Crippen LogP contribution in [0.5, 0.6) is 0 Å². The molecule has 1 aromatic rings. The first kappa shape index (κ1) is 12.2. The fourth-order valence-electron chi connectivity index (χ4n) is 1.16. The van der Waals surface area contributed by atoms with Gasteiger partial charge in [-0.2, -0.15) is 4.37 Å². The van der Waals surface area contributed by atoms with Crippen LogP contribution in [0.15, 0.2) is 6.07 Å². The zero-order valence-corrected chi connectivity index (χ0v) is 9.92. The highest BCUT2D eigenvalue weighted by Crippen LogP contribution is 2.22. The van der Waals surface area contributed by atoms with Gasteiger partial charge in [0.25, 0.3) is 0 Å². The molecule has 15 heavy (non-hydrogen) atoms. The second-order valence-electron chi connectivity index (χ2n) is 3.06. The topological polar surface area (TPSA) is 60.6 Å². The molecule has 1 heterocycles. The number of aromatic nitrogens is 1. The van der Waals surface area contributed by atoms with Gasteiger partial charge in [0.05, 0.1) is 13.2 Å². The van der Waals surface area contributed by atoms with Crippen LogP contribution >= 0.6 is 11.5 Å². The number of ether oxygens (including phenoxy) is 2. The number of rotatable bonds is 7. The summed E-state index contributed by atoms with van der Waals surface area (Å²) in [6.07, 6.45) is 0. The standard InChI is InChI=1S/C9H17N3O2S/c1-13-5-3-12(4-6-14-2)9-7-8(10)11-15-9/h7H,3-6H2,1-2H3,(H2,10,11). The van der Waals surface area contributed by atoms with Gasteiger partial charge in [-0.3, -0.25) is 0 Å². The molecule has 0 spiro atoms. The number of nitrogens with two attached hydrogens (primary N) is 1. The van der Waals surface area contributed by atoms with Crippen molar-refractivity contribution in [1.29, 1.82) is 0 Å². The van der Waals surface area contributed by atoms with E-state index in [4.69, 9.17) is 15.2 Å². The van der Waals surface area contributed by atoms with Gasteiger partial charge in [0, 0.05) is 33.4 Å². The molecule has 86 valence electrons. The number of hydrogen-bond donors (Lipinski definition) is 1. The summed E-state index contributed by atoms with van der Waals surface area (Å²) < 4.78 is 14.2. The highest BCUT2D eigenvalue weighted by molar-refractivity contribution is 7.10. The molecular formula is C9H17N3O2S. The summed E-state index contributed by atoms with van der Waals surface area (Å²) in [5.41, 5.74) is 5.58. The summed E-state index contributed by atoms with van der Waals surface area (Å²) in [4.78, 5) is 2.15. The van der Waals surface area contributed by atoms with E-state index in [-0.39, 0.29) is 0 Å². The maximum absolute atomic E-state index is 5.58. The van der Waals surface area contributed by atoms with Crippen molar-refractivity contribution in [3.63, 3.8) is 0 Å². The largest absolute Gasteiger partial charge is 0.383 e. The van der Waals surface area contributed by atoms with Gasteiger partial charge in [0.15, 0.2) is 0 Å². The Kier molecular flexibility index (Phi) is 5.38. The first-order valence-corrected chi connectivity index (χ1v) is 5.50.